The number of para-hydroxylation sites is 1. The van der Waals surface area contributed by atoms with Crippen LogP contribution in [0.3, 0.4) is 0 Å². The molecule has 0 aliphatic rings. The fourth-order valence-corrected chi connectivity index (χ4v) is 3.51. The van der Waals surface area contributed by atoms with Gasteiger partial charge in [0.15, 0.2) is 5.13 Å². The van der Waals surface area contributed by atoms with Crippen LogP contribution in [0.4, 0.5) is 5.13 Å². The van der Waals surface area contributed by atoms with Crippen LogP contribution < -0.4 is 4.90 Å². The van der Waals surface area contributed by atoms with Crippen molar-refractivity contribution < 1.29 is 4.79 Å². The largest absolute Gasteiger partial charge is 0.285 e. The number of nitrogens with zero attached hydrogens (tertiary/aromatic N) is 2. The molecule has 116 valence electrons. The predicted molar refractivity (Wildman–Crippen MR) is 97.9 cm³/mol. The van der Waals surface area contributed by atoms with Gasteiger partial charge in [-0.2, -0.15) is 0 Å². The third-order valence-corrected chi connectivity index (χ3v) is 4.68. The molecule has 0 saturated carbocycles. The van der Waals surface area contributed by atoms with E-state index in [1.165, 1.54) is 0 Å². The fourth-order valence-electron chi connectivity index (χ4n) is 2.40. The average molecular weight is 322 g/mol. The van der Waals surface area contributed by atoms with Gasteiger partial charge in [0.05, 0.1) is 10.2 Å². The number of thiazole rings is 1. The quantitative estimate of drug-likeness (QED) is 0.654. The number of carbonyl (C=O) groups excluding carboxylic acids is 1. The fraction of sp³-hybridized carbons (Fsp3) is 0.158. The van der Waals surface area contributed by atoms with Crippen LogP contribution in [-0.4, -0.2) is 17.4 Å². The average Bonchev–Trinajstić information content (AvgIpc) is 3.00. The summed E-state index contributed by atoms with van der Waals surface area (Å²) in [6.45, 7) is 4.60. The zero-order chi connectivity index (χ0) is 16.2. The minimum absolute atomic E-state index is 0.0481. The summed E-state index contributed by atoms with van der Waals surface area (Å²) in [5, 5.41) is 0.750. The van der Waals surface area contributed by atoms with Gasteiger partial charge in [-0.15, -0.1) is 0 Å². The molecule has 1 aromatic heterocycles. The van der Waals surface area contributed by atoms with E-state index in [4.69, 9.17) is 0 Å². The lowest BCUT2D eigenvalue weighted by Crippen LogP contribution is -2.28. The molecule has 0 spiro atoms. The molecule has 3 nitrogen and oxygen atoms in total. The molecule has 3 rings (SSSR count). The maximum atomic E-state index is 12.5. The molecule has 0 aliphatic heterocycles. The Bertz CT molecular complexity index is 852. The smallest absolute Gasteiger partial charge is 0.252 e. The molecule has 0 radical (unpaired) electrons. The topological polar surface area (TPSA) is 33.2 Å². The summed E-state index contributed by atoms with van der Waals surface area (Å²) in [5.41, 5.74) is 3.12. The molecular weight excluding hydrogens is 304 g/mol. The van der Waals surface area contributed by atoms with E-state index in [1.807, 2.05) is 68.5 Å². The predicted octanol–water partition coefficient (Wildman–Crippen LogP) is 4.67. The number of hydrogen-bond donors (Lipinski definition) is 0. The number of anilines is 1. The monoisotopic (exact) mass is 322 g/mol. The van der Waals surface area contributed by atoms with Gasteiger partial charge in [0.2, 0.25) is 0 Å². The molecule has 4 heteroatoms. The van der Waals surface area contributed by atoms with Gasteiger partial charge in [-0.05, 0) is 37.1 Å². The lowest BCUT2D eigenvalue weighted by atomic mass is 10.2. The van der Waals surface area contributed by atoms with E-state index in [9.17, 15) is 4.79 Å². The molecule has 0 saturated heterocycles. The van der Waals surface area contributed by atoms with Gasteiger partial charge in [-0.25, -0.2) is 4.98 Å². The van der Waals surface area contributed by atoms with Crippen molar-refractivity contribution >= 4 is 38.7 Å². The van der Waals surface area contributed by atoms with Crippen LogP contribution in [0.25, 0.3) is 16.3 Å². The van der Waals surface area contributed by atoms with Gasteiger partial charge in [0.25, 0.3) is 5.91 Å². The Balaban J connectivity index is 1.87. The first-order valence-electron chi connectivity index (χ1n) is 7.60. The summed E-state index contributed by atoms with van der Waals surface area (Å²) in [7, 11) is 0. The molecular formula is C19H18N2OS. The lowest BCUT2D eigenvalue weighted by molar-refractivity contribution is -0.114. The van der Waals surface area contributed by atoms with Crippen LogP contribution in [0.5, 0.6) is 0 Å². The maximum Gasteiger partial charge on any atom is 0.252 e. The highest BCUT2D eigenvalue weighted by atomic mass is 32.1. The number of benzene rings is 2. The van der Waals surface area contributed by atoms with E-state index in [2.05, 4.69) is 4.98 Å². The van der Waals surface area contributed by atoms with Gasteiger partial charge in [0, 0.05) is 12.6 Å². The van der Waals surface area contributed by atoms with E-state index in [0.29, 0.717) is 6.54 Å². The maximum absolute atomic E-state index is 12.5. The van der Waals surface area contributed by atoms with Crippen molar-refractivity contribution in [2.75, 3.05) is 11.4 Å². The molecule has 23 heavy (non-hydrogen) atoms. The van der Waals surface area contributed by atoms with Gasteiger partial charge in [-0.1, -0.05) is 53.8 Å². The lowest BCUT2D eigenvalue weighted by Gasteiger charge is -2.15. The summed E-state index contributed by atoms with van der Waals surface area (Å²) >= 11 is 1.55. The Morgan fingerprint density at radius 3 is 2.65 bits per heavy atom. The third-order valence-electron chi connectivity index (χ3n) is 3.64. The van der Waals surface area contributed by atoms with Crippen molar-refractivity contribution in [1.29, 1.82) is 0 Å². The van der Waals surface area contributed by atoms with E-state index >= 15 is 0 Å². The van der Waals surface area contributed by atoms with Crippen molar-refractivity contribution in [3.63, 3.8) is 0 Å². The van der Waals surface area contributed by atoms with Crippen LogP contribution in [0, 0.1) is 6.92 Å². The minimum Gasteiger partial charge on any atom is -0.285 e. The van der Waals surface area contributed by atoms with Gasteiger partial charge in [-0.3, -0.25) is 9.69 Å². The Morgan fingerprint density at radius 2 is 1.96 bits per heavy atom. The van der Waals surface area contributed by atoms with Crippen molar-refractivity contribution in [2.24, 2.45) is 0 Å². The van der Waals surface area contributed by atoms with Gasteiger partial charge >= 0.3 is 0 Å². The molecule has 1 amide bonds. The molecule has 0 fully saturated rings. The van der Waals surface area contributed by atoms with Crippen LogP contribution >= 0.6 is 11.3 Å². The third kappa shape index (κ3) is 3.32. The van der Waals surface area contributed by atoms with Crippen LogP contribution in [0.15, 0.2) is 54.6 Å². The van der Waals surface area contributed by atoms with Crippen molar-refractivity contribution in [3.8, 4) is 0 Å². The van der Waals surface area contributed by atoms with Crippen molar-refractivity contribution in [1.82, 2.24) is 4.98 Å². The second kappa shape index (κ2) is 6.75. The number of rotatable bonds is 4. The highest BCUT2D eigenvalue weighted by Crippen LogP contribution is 2.30. The number of carbonyl (C=O) groups is 1. The van der Waals surface area contributed by atoms with E-state index < -0.39 is 0 Å². The molecule has 1 heterocycles. The number of hydrogen-bond acceptors (Lipinski definition) is 3. The summed E-state index contributed by atoms with van der Waals surface area (Å²) in [5.74, 6) is -0.0481. The summed E-state index contributed by atoms with van der Waals surface area (Å²) in [6, 6.07) is 15.9. The highest BCUT2D eigenvalue weighted by molar-refractivity contribution is 7.22. The SMILES string of the molecule is CCN(C(=O)C=Cc1ccccc1)c1nc2c(C)cccc2s1. The van der Waals surface area contributed by atoms with Crippen LogP contribution in [-0.2, 0) is 4.79 Å². The van der Waals surface area contributed by atoms with Crippen molar-refractivity contribution in [2.45, 2.75) is 13.8 Å². The molecule has 0 atom stereocenters. The Morgan fingerprint density at radius 1 is 1.17 bits per heavy atom. The zero-order valence-electron chi connectivity index (χ0n) is 13.2. The highest BCUT2D eigenvalue weighted by Gasteiger charge is 2.16. The summed E-state index contributed by atoms with van der Waals surface area (Å²) < 4.78 is 1.11. The first-order chi connectivity index (χ1) is 11.2. The molecule has 3 aromatic rings. The number of fused-ring (bicyclic) bond motifs is 1. The normalized spacial score (nSPS) is 11.2. The number of likely N-dealkylation sites (N-methyl/N-ethyl adjacent to an activating group) is 1. The number of aryl methyl sites for hydroxylation is 1. The van der Waals surface area contributed by atoms with Gasteiger partial charge < -0.3 is 0 Å². The Kier molecular flexibility index (Phi) is 4.53. The molecule has 0 unspecified atom stereocenters. The van der Waals surface area contributed by atoms with Crippen LogP contribution in [0.1, 0.15) is 18.1 Å². The molecule has 0 aliphatic carbocycles. The standard InChI is InChI=1S/C19H18N2OS/c1-3-21(17(22)13-12-15-9-5-4-6-10-15)19-20-18-14(2)8-7-11-16(18)23-19/h4-13H,3H2,1-2H3. The molecule has 0 bridgehead atoms. The minimum atomic E-state index is -0.0481. The number of amides is 1. The van der Waals surface area contributed by atoms with E-state index in [0.717, 1.165) is 26.5 Å². The second-order valence-electron chi connectivity index (χ2n) is 5.24. The molecule has 0 N–H and O–H groups in total. The number of aromatic nitrogens is 1. The van der Waals surface area contributed by atoms with Crippen LogP contribution in [0.2, 0.25) is 0 Å². The van der Waals surface area contributed by atoms with E-state index in [1.54, 1.807) is 22.3 Å². The first-order valence-corrected chi connectivity index (χ1v) is 8.41. The Hall–Kier alpha value is -2.46. The zero-order valence-corrected chi connectivity index (χ0v) is 14.0. The Labute approximate surface area is 139 Å². The molecule has 2 aromatic carbocycles. The summed E-state index contributed by atoms with van der Waals surface area (Å²) in [6.07, 6.45) is 3.45. The van der Waals surface area contributed by atoms with Crippen molar-refractivity contribution in [3.05, 3.63) is 65.7 Å². The summed E-state index contributed by atoms with van der Waals surface area (Å²) in [4.78, 5) is 18.9. The first kappa shape index (κ1) is 15.4. The van der Waals surface area contributed by atoms with Gasteiger partial charge in [0.1, 0.15) is 0 Å². The van der Waals surface area contributed by atoms with E-state index in [-0.39, 0.29) is 5.91 Å². The second-order valence-corrected chi connectivity index (χ2v) is 6.25.